The lowest BCUT2D eigenvalue weighted by Gasteiger charge is -2.20. The summed E-state index contributed by atoms with van der Waals surface area (Å²) in [5, 5.41) is 8.06. The molecule has 3 N–H and O–H groups in total. The molecule has 0 bridgehead atoms. The number of rotatable bonds is 8. The number of amides is 3. The molecule has 2 rings (SSSR count). The van der Waals surface area contributed by atoms with E-state index in [1.807, 2.05) is 37.3 Å². The van der Waals surface area contributed by atoms with Gasteiger partial charge in [0.15, 0.2) is 11.5 Å². The molecular formula is C20H25N3O4. The van der Waals surface area contributed by atoms with Gasteiger partial charge in [0.2, 0.25) is 0 Å². The van der Waals surface area contributed by atoms with Crippen molar-refractivity contribution in [3.8, 4) is 11.5 Å². The maximum atomic E-state index is 12.7. The molecule has 0 unspecified atom stereocenters. The summed E-state index contributed by atoms with van der Waals surface area (Å²) in [6.45, 7) is 4.62. The van der Waals surface area contributed by atoms with Gasteiger partial charge in [-0.2, -0.15) is 0 Å². The van der Waals surface area contributed by atoms with Crippen molar-refractivity contribution in [2.24, 2.45) is 0 Å². The third-order valence-corrected chi connectivity index (χ3v) is 3.74. The maximum absolute atomic E-state index is 12.7. The van der Waals surface area contributed by atoms with Crippen LogP contribution >= 0.6 is 0 Å². The van der Waals surface area contributed by atoms with Crippen LogP contribution in [0.4, 0.5) is 10.5 Å². The van der Waals surface area contributed by atoms with Crippen LogP contribution in [0.5, 0.6) is 11.5 Å². The van der Waals surface area contributed by atoms with E-state index in [4.69, 9.17) is 9.47 Å². The molecule has 0 aromatic heterocycles. The normalized spacial score (nSPS) is 11.2. The molecule has 0 radical (unpaired) electrons. The molecule has 27 heavy (non-hydrogen) atoms. The smallest absolute Gasteiger partial charge is 0.321 e. The van der Waals surface area contributed by atoms with Crippen molar-refractivity contribution < 1.29 is 19.1 Å². The molecule has 1 atom stereocenters. The van der Waals surface area contributed by atoms with Crippen molar-refractivity contribution in [2.45, 2.75) is 19.9 Å². The van der Waals surface area contributed by atoms with Gasteiger partial charge in [0.1, 0.15) is 6.04 Å². The molecule has 0 spiro atoms. The molecule has 144 valence electrons. The summed E-state index contributed by atoms with van der Waals surface area (Å²) in [4.78, 5) is 24.4. The molecule has 0 aliphatic heterocycles. The first-order chi connectivity index (χ1) is 13.1. The van der Waals surface area contributed by atoms with Gasteiger partial charge >= 0.3 is 6.03 Å². The van der Waals surface area contributed by atoms with Crippen molar-refractivity contribution in [1.29, 1.82) is 0 Å². The summed E-state index contributed by atoms with van der Waals surface area (Å²) in [5.74, 6) is 0.714. The van der Waals surface area contributed by atoms with E-state index in [-0.39, 0.29) is 0 Å². The number of methoxy groups -OCH3 is 1. The van der Waals surface area contributed by atoms with Gasteiger partial charge in [-0.1, -0.05) is 30.3 Å². The lowest BCUT2D eigenvalue weighted by Crippen LogP contribution is -2.43. The third-order valence-electron chi connectivity index (χ3n) is 3.74. The number of carbonyl (C=O) groups is 2. The van der Waals surface area contributed by atoms with Gasteiger partial charge in [0.05, 0.1) is 13.7 Å². The number of urea groups is 1. The van der Waals surface area contributed by atoms with Crippen molar-refractivity contribution in [3.05, 3.63) is 54.1 Å². The third kappa shape index (κ3) is 5.64. The highest BCUT2D eigenvalue weighted by molar-refractivity contribution is 5.98. The number of nitrogens with one attached hydrogen (secondary N) is 3. The highest BCUT2D eigenvalue weighted by Gasteiger charge is 2.22. The molecule has 7 nitrogen and oxygen atoms in total. The highest BCUT2D eigenvalue weighted by atomic mass is 16.5. The first kappa shape index (κ1) is 20.1. The van der Waals surface area contributed by atoms with Crippen molar-refractivity contribution in [1.82, 2.24) is 10.6 Å². The largest absolute Gasteiger partial charge is 0.493 e. The van der Waals surface area contributed by atoms with Gasteiger partial charge in [-0.05, 0) is 31.5 Å². The second-order valence-electron chi connectivity index (χ2n) is 5.64. The standard InChI is InChI=1S/C20H25N3O4/c1-4-21-20(25)23-19(24)18(14-9-7-6-8-10-14)22-15-11-12-16(27-5-2)17(13-15)26-3/h6-13,18,22H,4-5H2,1-3H3,(H2,21,23,24,25)/t18-/m1/s1. The highest BCUT2D eigenvalue weighted by Crippen LogP contribution is 2.31. The summed E-state index contributed by atoms with van der Waals surface area (Å²) >= 11 is 0. The first-order valence-corrected chi connectivity index (χ1v) is 8.80. The molecule has 0 heterocycles. The minimum absolute atomic E-state index is 0.429. The quantitative estimate of drug-likeness (QED) is 0.664. The van der Waals surface area contributed by atoms with E-state index in [1.165, 1.54) is 0 Å². The van der Waals surface area contributed by atoms with Crippen LogP contribution in [0, 0.1) is 0 Å². The Bertz CT molecular complexity index is 765. The maximum Gasteiger partial charge on any atom is 0.321 e. The van der Waals surface area contributed by atoms with Gasteiger partial charge in [-0.25, -0.2) is 4.79 Å². The molecule has 0 aliphatic rings. The van der Waals surface area contributed by atoms with E-state index in [9.17, 15) is 9.59 Å². The fourth-order valence-corrected chi connectivity index (χ4v) is 2.53. The molecule has 0 saturated heterocycles. The van der Waals surface area contributed by atoms with Gasteiger partial charge in [-0.15, -0.1) is 0 Å². The van der Waals surface area contributed by atoms with Crippen molar-refractivity contribution in [3.63, 3.8) is 0 Å². The summed E-state index contributed by atoms with van der Waals surface area (Å²) in [6, 6.07) is 13.2. The van der Waals surface area contributed by atoms with E-state index < -0.39 is 18.0 Å². The van der Waals surface area contributed by atoms with Crippen LogP contribution in [-0.4, -0.2) is 32.2 Å². The number of imide groups is 1. The second kappa shape index (κ2) is 10.1. The zero-order valence-electron chi connectivity index (χ0n) is 15.7. The number of benzene rings is 2. The second-order valence-corrected chi connectivity index (χ2v) is 5.64. The number of carbonyl (C=O) groups excluding carboxylic acids is 2. The Hall–Kier alpha value is -3.22. The summed E-state index contributed by atoms with van der Waals surface area (Å²) < 4.78 is 10.9. The SMILES string of the molecule is CCNC(=O)NC(=O)[C@H](Nc1ccc(OCC)c(OC)c1)c1ccccc1. The Labute approximate surface area is 159 Å². The predicted octanol–water partition coefficient (Wildman–Crippen LogP) is 3.09. The molecule has 2 aromatic carbocycles. The van der Waals surface area contributed by atoms with Gasteiger partial charge in [0, 0.05) is 18.3 Å². The van der Waals surface area contributed by atoms with Crippen molar-refractivity contribution in [2.75, 3.05) is 25.6 Å². The molecule has 0 saturated carbocycles. The monoisotopic (exact) mass is 371 g/mol. The summed E-state index contributed by atoms with van der Waals surface area (Å²) in [5.41, 5.74) is 1.39. The minimum Gasteiger partial charge on any atom is -0.493 e. The summed E-state index contributed by atoms with van der Waals surface area (Å²) in [7, 11) is 1.55. The topological polar surface area (TPSA) is 88.7 Å². The number of hydrogen-bond acceptors (Lipinski definition) is 5. The number of anilines is 1. The van der Waals surface area contributed by atoms with E-state index in [2.05, 4.69) is 16.0 Å². The first-order valence-electron chi connectivity index (χ1n) is 8.80. The van der Waals surface area contributed by atoms with Crippen LogP contribution in [0.3, 0.4) is 0 Å². The lowest BCUT2D eigenvalue weighted by molar-refractivity contribution is -0.120. The van der Waals surface area contributed by atoms with Crippen molar-refractivity contribution >= 4 is 17.6 Å². The molecule has 0 aliphatic carbocycles. The van der Waals surface area contributed by atoms with E-state index in [1.54, 1.807) is 32.2 Å². The lowest BCUT2D eigenvalue weighted by atomic mass is 10.1. The fourth-order valence-electron chi connectivity index (χ4n) is 2.53. The molecule has 3 amide bonds. The van der Waals surface area contributed by atoms with E-state index in [0.29, 0.717) is 30.3 Å². The zero-order valence-corrected chi connectivity index (χ0v) is 15.7. The van der Waals surface area contributed by atoms with Crippen LogP contribution in [0.15, 0.2) is 48.5 Å². The Morgan fingerprint density at radius 1 is 1.04 bits per heavy atom. The zero-order chi connectivity index (χ0) is 19.6. The van der Waals surface area contributed by atoms with Crippen LogP contribution in [0.1, 0.15) is 25.5 Å². The number of hydrogen-bond donors (Lipinski definition) is 3. The Balaban J connectivity index is 2.26. The van der Waals surface area contributed by atoms with Crippen LogP contribution in [0.2, 0.25) is 0 Å². The summed E-state index contributed by atoms with van der Waals surface area (Å²) in [6.07, 6.45) is 0. The average molecular weight is 371 g/mol. The predicted molar refractivity (Wildman–Crippen MR) is 104 cm³/mol. The molecule has 7 heteroatoms. The minimum atomic E-state index is -0.753. The molecule has 0 fully saturated rings. The van der Waals surface area contributed by atoms with Crippen LogP contribution in [-0.2, 0) is 4.79 Å². The molecular weight excluding hydrogens is 346 g/mol. The fraction of sp³-hybridized carbons (Fsp3) is 0.300. The van der Waals surface area contributed by atoms with E-state index >= 15 is 0 Å². The average Bonchev–Trinajstić information content (AvgIpc) is 2.68. The Morgan fingerprint density at radius 3 is 2.41 bits per heavy atom. The van der Waals surface area contributed by atoms with Gasteiger partial charge < -0.3 is 20.1 Å². The Morgan fingerprint density at radius 2 is 1.78 bits per heavy atom. The van der Waals surface area contributed by atoms with Crippen LogP contribution < -0.4 is 25.4 Å². The van der Waals surface area contributed by atoms with Crippen LogP contribution in [0.25, 0.3) is 0 Å². The van der Waals surface area contributed by atoms with Gasteiger partial charge in [-0.3, -0.25) is 10.1 Å². The van der Waals surface area contributed by atoms with E-state index in [0.717, 1.165) is 5.56 Å². The Kier molecular flexibility index (Phi) is 7.49. The van der Waals surface area contributed by atoms with Gasteiger partial charge in [0.25, 0.3) is 5.91 Å². The number of ether oxygens (including phenoxy) is 2. The molecule has 2 aromatic rings.